The van der Waals surface area contributed by atoms with Gasteiger partial charge in [0.15, 0.2) is 0 Å². The molecule has 2 aromatic heterocycles. The van der Waals surface area contributed by atoms with Crippen LogP contribution < -0.4 is 11.3 Å². The average molecular weight is 613 g/mol. The number of ether oxygens (including phenoxy) is 1. The molecule has 2 saturated heterocycles. The summed E-state index contributed by atoms with van der Waals surface area (Å²) in [5, 5.41) is 9.09. The summed E-state index contributed by atoms with van der Waals surface area (Å²) in [6, 6.07) is 0. The summed E-state index contributed by atoms with van der Waals surface area (Å²) in [4.78, 5) is 31.0. The highest BCUT2D eigenvalue weighted by atomic mass is 32.2. The van der Waals surface area contributed by atoms with Crippen molar-refractivity contribution in [2.24, 2.45) is 0 Å². The molecule has 2 aliphatic heterocycles. The minimum atomic E-state index is -2.79. The second kappa shape index (κ2) is 11.9. The van der Waals surface area contributed by atoms with Crippen LogP contribution in [0.4, 0.5) is 5.95 Å². The number of nitrogen functional groups attached to an aromatic ring is 1. The number of hydrogen-bond acceptors (Lipinski definition) is 9. The van der Waals surface area contributed by atoms with Gasteiger partial charge in [-0.15, -0.1) is 0 Å². The van der Waals surface area contributed by atoms with E-state index in [4.69, 9.17) is 28.5 Å². The van der Waals surface area contributed by atoms with E-state index in [2.05, 4.69) is 65.4 Å². The van der Waals surface area contributed by atoms with E-state index in [1.807, 2.05) is 6.20 Å². The van der Waals surface area contributed by atoms with Crippen molar-refractivity contribution in [2.75, 3.05) is 18.1 Å². The average Bonchev–Trinajstić information content (AvgIpc) is 3.39. The molecule has 2 aromatic rings. The molecule has 2 aliphatic rings. The number of nitrogens with zero attached hydrogens (tertiary/aromatic N) is 2. The standard InChI is InChI=1S/C26H44N4O7SSi2/c1-14(2)39(15(3)4)34-13-21-20(36-40(37-39,16(5)6)17(7)8)11-19(35-21)18-12-30(38-10-9-22(31)32)24-23(18)28-26(27)29-25(24)33/h12,14-17,19-21H,9-11,13H2,1-8H3,(H,31,32)(H3,27,28,29,33)/t19-,20?,21+/m1/s1. The first-order valence-corrected chi connectivity index (χ1v) is 19.0. The lowest BCUT2D eigenvalue weighted by atomic mass is 10.1. The Hall–Kier alpha value is -1.69. The van der Waals surface area contributed by atoms with E-state index < -0.39 is 29.2 Å². The molecule has 4 N–H and O–H groups in total. The fourth-order valence-corrected chi connectivity index (χ4v) is 18.2. The second-order valence-electron chi connectivity index (χ2n) is 12.1. The third-order valence-electron chi connectivity index (χ3n) is 8.10. The van der Waals surface area contributed by atoms with Gasteiger partial charge in [-0.25, -0.2) is 4.98 Å². The van der Waals surface area contributed by atoms with Crippen LogP contribution in [-0.2, 0) is 22.5 Å². The molecule has 0 spiro atoms. The van der Waals surface area contributed by atoms with Crippen LogP contribution in [0.2, 0.25) is 22.2 Å². The van der Waals surface area contributed by atoms with Gasteiger partial charge in [-0.2, -0.15) is 0 Å². The molecule has 1 unspecified atom stereocenters. The molecular formula is C26H44N4O7SSi2. The van der Waals surface area contributed by atoms with Crippen molar-refractivity contribution < 1.29 is 27.6 Å². The number of nitrogens with one attached hydrogen (secondary N) is 1. The third-order valence-corrected chi connectivity index (χ3v) is 19.3. The highest BCUT2D eigenvalue weighted by Crippen LogP contribution is 2.49. The fourth-order valence-electron chi connectivity index (χ4n) is 6.06. The number of aromatic nitrogens is 3. The van der Waals surface area contributed by atoms with Gasteiger partial charge < -0.3 is 28.5 Å². The molecule has 4 rings (SSSR count). The van der Waals surface area contributed by atoms with Crippen molar-refractivity contribution in [2.45, 2.75) is 109 Å². The van der Waals surface area contributed by atoms with Crippen molar-refractivity contribution in [3.8, 4) is 0 Å². The van der Waals surface area contributed by atoms with Gasteiger partial charge in [0, 0.05) is 23.9 Å². The molecule has 3 atom stereocenters. The van der Waals surface area contributed by atoms with Crippen LogP contribution >= 0.6 is 11.9 Å². The summed E-state index contributed by atoms with van der Waals surface area (Å²) in [7, 11) is -5.48. The SMILES string of the molecule is CC(C)[Si]1(C(C)C)OC[C@@H]2O[C@@H](c3cn(SCCC(=O)O)c4c(=O)[nH]c(N)nc34)CC2O[Si](C(C)C)(C(C)C)O1. The lowest BCUT2D eigenvalue weighted by Gasteiger charge is -2.51. The number of anilines is 1. The van der Waals surface area contributed by atoms with Crippen LogP contribution in [0.5, 0.6) is 0 Å². The molecule has 14 heteroatoms. The van der Waals surface area contributed by atoms with E-state index in [0.29, 0.717) is 29.8 Å². The van der Waals surface area contributed by atoms with Crippen LogP contribution in [0.3, 0.4) is 0 Å². The maximum atomic E-state index is 12.9. The van der Waals surface area contributed by atoms with Gasteiger partial charge >= 0.3 is 23.1 Å². The van der Waals surface area contributed by atoms with Crippen LogP contribution in [-0.4, -0.2) is 66.7 Å². The van der Waals surface area contributed by atoms with Crippen molar-refractivity contribution in [3.05, 3.63) is 22.1 Å². The van der Waals surface area contributed by atoms with Crippen LogP contribution in [0.25, 0.3) is 11.0 Å². The van der Waals surface area contributed by atoms with Gasteiger partial charge in [-0.1, -0.05) is 55.4 Å². The second-order valence-corrected chi connectivity index (χ2v) is 22.0. The number of H-pyrrole nitrogens is 1. The summed E-state index contributed by atoms with van der Waals surface area (Å²) >= 11 is 1.24. The van der Waals surface area contributed by atoms with Gasteiger partial charge in [0.05, 0.1) is 25.2 Å². The fraction of sp³-hybridized carbons (Fsp3) is 0.731. The zero-order valence-electron chi connectivity index (χ0n) is 24.7. The first-order valence-electron chi connectivity index (χ1n) is 14.1. The number of hydrogen-bond donors (Lipinski definition) is 3. The maximum Gasteiger partial charge on any atom is 0.335 e. The number of carbonyl (C=O) groups is 1. The van der Waals surface area contributed by atoms with Gasteiger partial charge in [-0.05, 0) is 34.1 Å². The lowest BCUT2D eigenvalue weighted by Crippen LogP contribution is -2.65. The Kier molecular flexibility index (Phi) is 9.29. The van der Waals surface area contributed by atoms with Gasteiger partial charge in [-0.3, -0.25) is 18.5 Å². The normalized spacial score (nSPS) is 24.6. The summed E-state index contributed by atoms with van der Waals surface area (Å²) in [5.41, 5.74) is 7.91. The molecule has 0 saturated carbocycles. The monoisotopic (exact) mass is 612 g/mol. The van der Waals surface area contributed by atoms with E-state index >= 15 is 0 Å². The molecule has 0 aliphatic carbocycles. The van der Waals surface area contributed by atoms with Gasteiger partial charge in [0.2, 0.25) is 5.95 Å². The molecule has 224 valence electrons. The predicted molar refractivity (Wildman–Crippen MR) is 161 cm³/mol. The predicted octanol–water partition coefficient (Wildman–Crippen LogP) is 5.06. The summed E-state index contributed by atoms with van der Waals surface area (Å²) in [5.74, 6) is -0.596. The topological polar surface area (TPSA) is 151 Å². The Labute approximate surface area is 242 Å². The Morgan fingerprint density at radius 1 is 1.12 bits per heavy atom. The summed E-state index contributed by atoms with van der Waals surface area (Å²) in [6.45, 7) is 17.9. The smallest absolute Gasteiger partial charge is 0.335 e. The third kappa shape index (κ3) is 5.68. The molecule has 0 radical (unpaired) electrons. The molecule has 0 amide bonds. The zero-order chi connectivity index (χ0) is 29.6. The van der Waals surface area contributed by atoms with Gasteiger partial charge in [0.25, 0.3) is 5.56 Å². The molecule has 4 heterocycles. The molecule has 2 fully saturated rings. The summed E-state index contributed by atoms with van der Waals surface area (Å²) in [6.07, 6.45) is 1.37. The minimum absolute atomic E-state index is 0.0136. The quantitative estimate of drug-likeness (QED) is 0.328. The van der Waals surface area contributed by atoms with E-state index in [9.17, 15) is 9.59 Å². The number of aliphatic carboxylic acids is 1. The Morgan fingerprint density at radius 3 is 2.33 bits per heavy atom. The first-order chi connectivity index (χ1) is 18.7. The largest absolute Gasteiger partial charge is 0.481 e. The molecular weight excluding hydrogens is 569 g/mol. The Bertz CT molecular complexity index is 1270. The van der Waals surface area contributed by atoms with E-state index in [1.54, 1.807) is 3.97 Å². The van der Waals surface area contributed by atoms with Crippen molar-refractivity contribution in [3.63, 3.8) is 0 Å². The van der Waals surface area contributed by atoms with E-state index in [1.165, 1.54) is 11.9 Å². The molecule has 11 nitrogen and oxygen atoms in total. The van der Waals surface area contributed by atoms with E-state index in [0.717, 1.165) is 5.56 Å². The number of nitrogens with two attached hydrogens (primary N) is 1. The Morgan fingerprint density at radius 2 is 1.75 bits per heavy atom. The number of rotatable bonds is 9. The zero-order valence-corrected chi connectivity index (χ0v) is 27.5. The number of carboxylic acid groups (broad SMARTS) is 1. The van der Waals surface area contributed by atoms with Crippen molar-refractivity contribution >= 4 is 52.0 Å². The number of aromatic amines is 1. The number of fused-ring (bicyclic) bond motifs is 2. The minimum Gasteiger partial charge on any atom is -0.481 e. The summed E-state index contributed by atoms with van der Waals surface area (Å²) < 4.78 is 29.6. The Balaban J connectivity index is 1.74. The highest BCUT2D eigenvalue weighted by molar-refractivity contribution is 7.98. The molecule has 0 aromatic carbocycles. The maximum absolute atomic E-state index is 12.9. The number of carboxylic acids is 1. The van der Waals surface area contributed by atoms with Crippen LogP contribution in [0.15, 0.2) is 11.0 Å². The lowest BCUT2D eigenvalue weighted by molar-refractivity contribution is -0.136. The van der Waals surface area contributed by atoms with Crippen LogP contribution in [0, 0.1) is 0 Å². The molecule has 0 bridgehead atoms. The van der Waals surface area contributed by atoms with Crippen molar-refractivity contribution in [1.82, 2.24) is 13.9 Å². The first kappa shape index (κ1) is 31.3. The van der Waals surface area contributed by atoms with Gasteiger partial charge in [0.1, 0.15) is 17.1 Å². The van der Waals surface area contributed by atoms with Crippen molar-refractivity contribution in [1.29, 1.82) is 0 Å². The highest BCUT2D eigenvalue weighted by Gasteiger charge is 2.60. The van der Waals surface area contributed by atoms with Crippen LogP contribution in [0.1, 0.15) is 79.9 Å². The van der Waals surface area contributed by atoms with E-state index in [-0.39, 0.29) is 52.3 Å². The molecule has 40 heavy (non-hydrogen) atoms.